The van der Waals surface area contributed by atoms with Crippen molar-refractivity contribution in [3.05, 3.63) is 28.5 Å². The van der Waals surface area contributed by atoms with Crippen LogP contribution in [0, 0.1) is 0 Å². The van der Waals surface area contributed by atoms with Crippen molar-refractivity contribution in [1.29, 1.82) is 0 Å². The summed E-state index contributed by atoms with van der Waals surface area (Å²) in [6, 6.07) is 2.14. The Bertz CT molecular complexity index is 417. The van der Waals surface area contributed by atoms with Crippen LogP contribution < -0.4 is 5.73 Å². The van der Waals surface area contributed by atoms with Gasteiger partial charge in [-0.1, -0.05) is 25.7 Å². The van der Waals surface area contributed by atoms with E-state index in [0.717, 1.165) is 30.3 Å². The van der Waals surface area contributed by atoms with Crippen molar-refractivity contribution in [3.8, 4) is 0 Å². The highest BCUT2D eigenvalue weighted by molar-refractivity contribution is 9.10. The van der Waals surface area contributed by atoms with E-state index in [1.807, 2.05) is 6.20 Å². The number of aromatic nitrogens is 1. The quantitative estimate of drug-likeness (QED) is 0.828. The van der Waals surface area contributed by atoms with E-state index >= 15 is 0 Å². The fourth-order valence-electron chi connectivity index (χ4n) is 3.24. The van der Waals surface area contributed by atoms with Crippen LogP contribution in [0.5, 0.6) is 0 Å². The third-order valence-electron chi connectivity index (χ3n) is 4.27. The number of hydrogen-bond acceptors (Lipinski definition) is 3. The second-order valence-corrected chi connectivity index (χ2v) is 6.65. The van der Waals surface area contributed by atoms with Gasteiger partial charge in [0.25, 0.3) is 0 Å². The highest BCUT2D eigenvalue weighted by Gasteiger charge is 2.37. The zero-order chi connectivity index (χ0) is 14.4. The number of halogens is 1. The Balaban J connectivity index is 2.11. The molecule has 2 N–H and O–H groups in total. The number of nitrogens with zero attached hydrogens (tertiary/aromatic N) is 1. The molecule has 0 aliphatic heterocycles. The normalized spacial score (nSPS) is 20.4. The topological polar surface area (TPSA) is 48.1 Å². The van der Waals surface area contributed by atoms with Gasteiger partial charge in [0.1, 0.15) is 0 Å². The molecule has 1 saturated carbocycles. The molecule has 112 valence electrons. The molecule has 1 fully saturated rings. The van der Waals surface area contributed by atoms with Gasteiger partial charge in [0.05, 0.1) is 5.60 Å². The van der Waals surface area contributed by atoms with Gasteiger partial charge in [0.2, 0.25) is 0 Å². The van der Waals surface area contributed by atoms with Crippen LogP contribution in [0.1, 0.15) is 51.0 Å². The van der Waals surface area contributed by atoms with E-state index in [-0.39, 0.29) is 11.6 Å². The molecule has 20 heavy (non-hydrogen) atoms. The summed E-state index contributed by atoms with van der Waals surface area (Å²) in [6.07, 6.45) is 11.8. The molecule has 0 amide bonds. The summed E-state index contributed by atoms with van der Waals surface area (Å²) in [5, 5.41) is 0. The maximum atomic E-state index is 6.55. The maximum Gasteiger partial charge on any atom is 0.0835 e. The first-order valence-corrected chi connectivity index (χ1v) is 8.44. The van der Waals surface area contributed by atoms with E-state index in [4.69, 9.17) is 10.5 Å². The smallest absolute Gasteiger partial charge is 0.0835 e. The first kappa shape index (κ1) is 15.9. The summed E-state index contributed by atoms with van der Waals surface area (Å²) in [7, 11) is 0. The summed E-state index contributed by atoms with van der Waals surface area (Å²) in [6.45, 7) is 2.81. The van der Waals surface area contributed by atoms with Crippen molar-refractivity contribution >= 4 is 15.9 Å². The third-order valence-corrected chi connectivity index (χ3v) is 4.71. The Labute approximate surface area is 130 Å². The molecule has 0 spiro atoms. The minimum atomic E-state index is -0.145. The highest BCUT2D eigenvalue weighted by atomic mass is 79.9. The van der Waals surface area contributed by atoms with Crippen molar-refractivity contribution in [2.75, 3.05) is 6.61 Å². The molecule has 1 atom stereocenters. The number of nitrogens with two attached hydrogens (primary N) is 1. The summed E-state index contributed by atoms with van der Waals surface area (Å²) >= 11 is 3.47. The SMILES string of the molecule is CCOC1(C(N)Cc2cncc(Br)c2)CCCCCC1. The van der Waals surface area contributed by atoms with Gasteiger partial charge in [0.15, 0.2) is 0 Å². The van der Waals surface area contributed by atoms with Gasteiger partial charge in [-0.2, -0.15) is 0 Å². The molecule has 1 aliphatic rings. The Kier molecular flexibility index (Phi) is 6.00. The third kappa shape index (κ3) is 4.03. The molecule has 1 heterocycles. The molecule has 0 aromatic carbocycles. The zero-order valence-corrected chi connectivity index (χ0v) is 13.9. The zero-order valence-electron chi connectivity index (χ0n) is 12.3. The predicted octanol–water partition coefficient (Wildman–Crippen LogP) is 3.84. The van der Waals surface area contributed by atoms with Crippen LogP contribution in [0.25, 0.3) is 0 Å². The summed E-state index contributed by atoms with van der Waals surface area (Å²) in [4.78, 5) is 4.23. The van der Waals surface area contributed by atoms with Gasteiger partial charge in [0, 0.05) is 29.5 Å². The Morgan fingerprint density at radius 3 is 2.60 bits per heavy atom. The van der Waals surface area contributed by atoms with Gasteiger partial charge in [-0.15, -0.1) is 0 Å². The van der Waals surface area contributed by atoms with Gasteiger partial charge in [-0.05, 0) is 53.7 Å². The van der Waals surface area contributed by atoms with Crippen molar-refractivity contribution in [2.45, 2.75) is 63.5 Å². The second kappa shape index (κ2) is 7.53. The number of pyridine rings is 1. The first-order valence-electron chi connectivity index (χ1n) is 7.65. The summed E-state index contributed by atoms with van der Waals surface area (Å²) < 4.78 is 7.17. The number of hydrogen-bond donors (Lipinski definition) is 1. The van der Waals surface area contributed by atoms with E-state index in [1.165, 1.54) is 31.2 Å². The fourth-order valence-corrected chi connectivity index (χ4v) is 3.66. The molecule has 1 aromatic rings. The highest BCUT2D eigenvalue weighted by Crippen LogP contribution is 2.34. The molecule has 0 radical (unpaired) electrons. The van der Waals surface area contributed by atoms with Gasteiger partial charge >= 0.3 is 0 Å². The summed E-state index contributed by atoms with van der Waals surface area (Å²) in [5.41, 5.74) is 7.58. The minimum absolute atomic E-state index is 0.0386. The van der Waals surface area contributed by atoms with Crippen LogP contribution >= 0.6 is 15.9 Å². The molecule has 2 rings (SSSR count). The van der Waals surface area contributed by atoms with Gasteiger partial charge in [-0.25, -0.2) is 0 Å². The van der Waals surface area contributed by atoms with Crippen LogP contribution in [0.3, 0.4) is 0 Å². The van der Waals surface area contributed by atoms with Crippen LogP contribution in [0.15, 0.2) is 22.9 Å². The lowest BCUT2D eigenvalue weighted by Crippen LogP contribution is -2.51. The van der Waals surface area contributed by atoms with E-state index in [9.17, 15) is 0 Å². The number of ether oxygens (including phenoxy) is 1. The lowest BCUT2D eigenvalue weighted by Gasteiger charge is -2.38. The maximum absolute atomic E-state index is 6.55. The average Bonchev–Trinajstić information content (AvgIpc) is 2.66. The Morgan fingerprint density at radius 1 is 1.30 bits per heavy atom. The van der Waals surface area contributed by atoms with E-state index in [1.54, 1.807) is 6.20 Å². The van der Waals surface area contributed by atoms with E-state index < -0.39 is 0 Å². The minimum Gasteiger partial charge on any atom is -0.374 e. The Hall–Kier alpha value is -0.450. The average molecular weight is 341 g/mol. The summed E-state index contributed by atoms with van der Waals surface area (Å²) in [5.74, 6) is 0. The van der Waals surface area contributed by atoms with Crippen LogP contribution in [0.4, 0.5) is 0 Å². The molecule has 0 saturated heterocycles. The van der Waals surface area contributed by atoms with E-state index in [0.29, 0.717) is 0 Å². The number of rotatable bonds is 5. The first-order chi connectivity index (χ1) is 9.66. The molecule has 1 unspecified atom stereocenters. The van der Waals surface area contributed by atoms with Gasteiger partial charge < -0.3 is 10.5 Å². The van der Waals surface area contributed by atoms with Crippen molar-refractivity contribution in [3.63, 3.8) is 0 Å². The van der Waals surface area contributed by atoms with Crippen molar-refractivity contribution in [2.24, 2.45) is 5.73 Å². The molecule has 3 nitrogen and oxygen atoms in total. The second-order valence-electron chi connectivity index (χ2n) is 5.73. The monoisotopic (exact) mass is 340 g/mol. The van der Waals surface area contributed by atoms with E-state index in [2.05, 4.69) is 33.9 Å². The molecule has 4 heteroatoms. The molecule has 1 aliphatic carbocycles. The van der Waals surface area contributed by atoms with Gasteiger partial charge in [-0.3, -0.25) is 4.98 Å². The van der Waals surface area contributed by atoms with Crippen molar-refractivity contribution < 1.29 is 4.74 Å². The van der Waals surface area contributed by atoms with Crippen LogP contribution in [-0.2, 0) is 11.2 Å². The Morgan fingerprint density at radius 2 is 2.00 bits per heavy atom. The lowest BCUT2D eigenvalue weighted by molar-refractivity contribution is -0.0683. The largest absolute Gasteiger partial charge is 0.374 e. The van der Waals surface area contributed by atoms with Crippen LogP contribution in [0.2, 0.25) is 0 Å². The molecule has 1 aromatic heterocycles. The molecule has 0 bridgehead atoms. The lowest BCUT2D eigenvalue weighted by atomic mass is 9.83. The standard InChI is InChI=1S/C16H25BrN2O/c1-2-20-16(7-5-3-4-6-8-16)15(18)10-13-9-14(17)12-19-11-13/h9,11-12,15H,2-8,10,18H2,1H3. The molecular weight excluding hydrogens is 316 g/mol. The molecular formula is C16H25BrN2O. The predicted molar refractivity (Wildman–Crippen MR) is 85.7 cm³/mol. The van der Waals surface area contributed by atoms with Crippen molar-refractivity contribution in [1.82, 2.24) is 4.98 Å². The fraction of sp³-hybridized carbons (Fsp3) is 0.688. The van der Waals surface area contributed by atoms with Crippen LogP contribution in [-0.4, -0.2) is 23.2 Å².